The lowest BCUT2D eigenvalue weighted by atomic mass is 9.82. The molecule has 4 rings (SSSR count). The molecular weight excluding hydrogens is 438 g/mol. The van der Waals surface area contributed by atoms with E-state index >= 15 is 0 Å². The van der Waals surface area contributed by atoms with E-state index in [0.717, 1.165) is 6.07 Å². The van der Waals surface area contributed by atoms with E-state index in [1.54, 1.807) is 4.90 Å². The molecular formula is C21H20F6N4O. The molecule has 3 atom stereocenters. The highest BCUT2D eigenvalue weighted by atomic mass is 19.4. The van der Waals surface area contributed by atoms with E-state index in [4.69, 9.17) is 5.73 Å². The second-order valence-electron chi connectivity index (χ2n) is 8.35. The third-order valence-electron chi connectivity index (χ3n) is 6.32. The Morgan fingerprint density at radius 3 is 2.16 bits per heavy atom. The number of nitrogens with two attached hydrogens (primary N) is 1. The van der Waals surface area contributed by atoms with E-state index in [2.05, 4.69) is 9.97 Å². The van der Waals surface area contributed by atoms with Gasteiger partial charge in [-0.2, -0.15) is 13.2 Å². The van der Waals surface area contributed by atoms with Gasteiger partial charge in [0, 0.05) is 36.6 Å². The van der Waals surface area contributed by atoms with E-state index in [0.29, 0.717) is 44.1 Å². The van der Waals surface area contributed by atoms with Gasteiger partial charge in [-0.1, -0.05) is 0 Å². The van der Waals surface area contributed by atoms with Crippen molar-refractivity contribution in [3.63, 3.8) is 0 Å². The van der Waals surface area contributed by atoms with Crippen molar-refractivity contribution in [2.75, 3.05) is 0 Å². The molecule has 0 saturated carbocycles. The first-order chi connectivity index (χ1) is 15.0. The van der Waals surface area contributed by atoms with Gasteiger partial charge in [-0.3, -0.25) is 4.79 Å². The van der Waals surface area contributed by atoms with E-state index < -0.39 is 41.1 Å². The highest BCUT2D eigenvalue weighted by Gasteiger charge is 2.45. The molecule has 2 aliphatic rings. The van der Waals surface area contributed by atoms with Gasteiger partial charge in [-0.15, -0.1) is 0 Å². The van der Waals surface area contributed by atoms with Crippen LogP contribution in [0.25, 0.3) is 0 Å². The zero-order valence-electron chi connectivity index (χ0n) is 16.7. The van der Waals surface area contributed by atoms with Crippen molar-refractivity contribution in [2.24, 2.45) is 11.7 Å². The number of hydrogen-bond acceptors (Lipinski definition) is 4. The van der Waals surface area contributed by atoms with Crippen LogP contribution in [0.4, 0.5) is 26.3 Å². The summed E-state index contributed by atoms with van der Waals surface area (Å²) in [5.41, 5.74) is 5.21. The largest absolute Gasteiger partial charge is 0.419 e. The van der Waals surface area contributed by atoms with Crippen molar-refractivity contribution in [2.45, 2.75) is 56.4 Å². The van der Waals surface area contributed by atoms with Crippen LogP contribution >= 0.6 is 0 Å². The first kappa shape index (κ1) is 22.5. The Kier molecular flexibility index (Phi) is 5.87. The predicted octanol–water partition coefficient (Wildman–Crippen LogP) is 3.87. The summed E-state index contributed by atoms with van der Waals surface area (Å²) in [6, 6.07) is 0.375. The minimum atomic E-state index is -4.60. The van der Waals surface area contributed by atoms with Crippen molar-refractivity contribution >= 4 is 5.91 Å². The fourth-order valence-corrected chi connectivity index (χ4v) is 4.74. The number of amides is 1. The normalized spacial score (nSPS) is 24.0. The summed E-state index contributed by atoms with van der Waals surface area (Å²) in [4.78, 5) is 21.7. The molecule has 3 heterocycles. The van der Waals surface area contributed by atoms with Gasteiger partial charge in [-0.25, -0.2) is 23.1 Å². The standard InChI is InChI=1S/C21H20F6N4O/c22-15-7-17(24)16(23)5-10(15)6-18(28)11-3-13-1-2-14(4-11)31(13)20(32)19-29-8-12(9-30-19)21(25,26)27/h5,7-9,11,13-14,18H,1-4,6,28H2/t11?,13?,14?,18-/m1/s1. The molecule has 2 aliphatic heterocycles. The molecule has 1 aromatic heterocycles. The van der Waals surface area contributed by atoms with Gasteiger partial charge in [0.05, 0.1) is 5.56 Å². The van der Waals surface area contributed by atoms with Crippen LogP contribution in [0.3, 0.4) is 0 Å². The van der Waals surface area contributed by atoms with Gasteiger partial charge in [-0.05, 0) is 49.7 Å². The van der Waals surface area contributed by atoms with E-state index in [-0.39, 0.29) is 35.8 Å². The minimum Gasteiger partial charge on any atom is -0.330 e. The Morgan fingerprint density at radius 2 is 1.59 bits per heavy atom. The molecule has 2 saturated heterocycles. The van der Waals surface area contributed by atoms with Crippen LogP contribution in [0.15, 0.2) is 24.5 Å². The SMILES string of the molecule is N[C@H](Cc1cc(F)c(F)cc1F)C1CC2CCC(C1)N2C(=O)c1ncc(C(F)(F)F)cn1. The van der Waals surface area contributed by atoms with Crippen molar-refractivity contribution in [1.82, 2.24) is 14.9 Å². The van der Waals surface area contributed by atoms with Gasteiger partial charge in [0.15, 0.2) is 11.6 Å². The summed E-state index contributed by atoms with van der Waals surface area (Å²) < 4.78 is 78.7. The fraction of sp³-hybridized carbons (Fsp3) is 0.476. The second kappa shape index (κ2) is 8.34. The minimum absolute atomic E-state index is 0.0135. The number of fused-ring (bicyclic) bond motifs is 2. The molecule has 1 amide bonds. The number of carbonyl (C=O) groups is 1. The van der Waals surface area contributed by atoms with Gasteiger partial charge in [0.2, 0.25) is 5.82 Å². The monoisotopic (exact) mass is 458 g/mol. The first-order valence-corrected chi connectivity index (χ1v) is 10.2. The second-order valence-corrected chi connectivity index (χ2v) is 8.35. The van der Waals surface area contributed by atoms with Crippen molar-refractivity contribution < 1.29 is 31.1 Å². The predicted molar refractivity (Wildman–Crippen MR) is 101 cm³/mol. The maximum atomic E-state index is 14.0. The Balaban J connectivity index is 1.44. The molecule has 32 heavy (non-hydrogen) atoms. The summed E-state index contributed by atoms with van der Waals surface area (Å²) in [7, 11) is 0. The lowest BCUT2D eigenvalue weighted by Crippen LogP contribution is -2.50. The summed E-state index contributed by atoms with van der Waals surface area (Å²) in [6.07, 6.45) is -1.00. The number of benzene rings is 1. The van der Waals surface area contributed by atoms with Crippen LogP contribution in [0, 0.1) is 23.4 Å². The molecule has 2 bridgehead atoms. The van der Waals surface area contributed by atoms with Crippen LogP contribution in [0.2, 0.25) is 0 Å². The first-order valence-electron chi connectivity index (χ1n) is 10.2. The van der Waals surface area contributed by atoms with Crippen LogP contribution in [0.1, 0.15) is 47.4 Å². The van der Waals surface area contributed by atoms with E-state index in [1.165, 1.54) is 0 Å². The Hall–Kier alpha value is -2.69. The van der Waals surface area contributed by atoms with Crippen molar-refractivity contribution in [3.05, 3.63) is 58.9 Å². The Bertz CT molecular complexity index is 999. The van der Waals surface area contributed by atoms with Crippen LogP contribution in [0.5, 0.6) is 0 Å². The number of piperidine rings is 1. The van der Waals surface area contributed by atoms with Gasteiger partial charge in [0.1, 0.15) is 5.82 Å². The fourth-order valence-electron chi connectivity index (χ4n) is 4.74. The lowest BCUT2D eigenvalue weighted by Gasteiger charge is -2.40. The average Bonchev–Trinajstić information content (AvgIpc) is 2.99. The third-order valence-corrected chi connectivity index (χ3v) is 6.32. The van der Waals surface area contributed by atoms with Gasteiger partial charge in [0.25, 0.3) is 5.91 Å². The van der Waals surface area contributed by atoms with Gasteiger partial charge >= 0.3 is 6.18 Å². The summed E-state index contributed by atoms with van der Waals surface area (Å²) >= 11 is 0. The number of nitrogens with zero attached hydrogens (tertiary/aromatic N) is 3. The number of aromatic nitrogens is 2. The number of halogens is 6. The number of carbonyl (C=O) groups excluding carboxylic acids is 1. The Morgan fingerprint density at radius 1 is 1.03 bits per heavy atom. The number of rotatable bonds is 4. The Labute approximate surface area is 179 Å². The molecule has 2 N–H and O–H groups in total. The maximum absolute atomic E-state index is 14.0. The molecule has 0 spiro atoms. The van der Waals surface area contributed by atoms with E-state index in [9.17, 15) is 31.1 Å². The number of hydrogen-bond donors (Lipinski definition) is 1. The zero-order valence-corrected chi connectivity index (χ0v) is 16.7. The quantitative estimate of drug-likeness (QED) is 0.558. The lowest BCUT2D eigenvalue weighted by molar-refractivity contribution is -0.138. The van der Waals surface area contributed by atoms with Crippen molar-refractivity contribution in [1.29, 1.82) is 0 Å². The summed E-state index contributed by atoms with van der Waals surface area (Å²) in [6.45, 7) is 0. The molecule has 2 unspecified atom stereocenters. The topological polar surface area (TPSA) is 72.1 Å². The van der Waals surface area contributed by atoms with Crippen molar-refractivity contribution in [3.8, 4) is 0 Å². The molecule has 172 valence electrons. The maximum Gasteiger partial charge on any atom is 0.419 e. The van der Waals surface area contributed by atoms with Gasteiger partial charge < -0.3 is 10.6 Å². The summed E-state index contributed by atoms with van der Waals surface area (Å²) in [5, 5.41) is 0. The van der Waals surface area contributed by atoms with Crippen LogP contribution in [-0.4, -0.2) is 38.9 Å². The highest BCUT2D eigenvalue weighted by molar-refractivity contribution is 5.91. The zero-order chi connectivity index (χ0) is 23.2. The molecule has 0 aliphatic carbocycles. The molecule has 2 aromatic rings. The number of alkyl halides is 3. The van der Waals surface area contributed by atoms with Crippen LogP contribution < -0.4 is 5.73 Å². The molecule has 0 radical (unpaired) electrons. The smallest absolute Gasteiger partial charge is 0.330 e. The third kappa shape index (κ3) is 4.30. The molecule has 11 heteroatoms. The molecule has 5 nitrogen and oxygen atoms in total. The molecule has 2 fully saturated rings. The van der Waals surface area contributed by atoms with Crippen LogP contribution in [-0.2, 0) is 12.6 Å². The molecule has 1 aromatic carbocycles. The summed E-state index contributed by atoms with van der Waals surface area (Å²) in [5.74, 6) is -4.21. The van der Waals surface area contributed by atoms with E-state index in [1.807, 2.05) is 0 Å². The highest BCUT2D eigenvalue weighted by Crippen LogP contribution is 2.41. The average molecular weight is 458 g/mol.